The molecular formula is C8H14N2OS. The van der Waals surface area contributed by atoms with Crippen LogP contribution in [0.25, 0.3) is 0 Å². The molecule has 0 amide bonds. The Morgan fingerprint density at radius 3 is 3.00 bits per heavy atom. The molecule has 0 aliphatic heterocycles. The summed E-state index contributed by atoms with van der Waals surface area (Å²) in [6, 6.07) is 0. The van der Waals surface area contributed by atoms with Crippen LogP contribution in [0.15, 0.2) is 5.38 Å². The van der Waals surface area contributed by atoms with Crippen LogP contribution < -0.4 is 0 Å². The van der Waals surface area contributed by atoms with E-state index in [1.807, 2.05) is 0 Å². The Labute approximate surface area is 76.6 Å². The van der Waals surface area contributed by atoms with Crippen LogP contribution in [-0.2, 0) is 0 Å². The minimum absolute atomic E-state index is 0.407. The van der Waals surface area contributed by atoms with Crippen molar-refractivity contribution in [3.05, 3.63) is 11.1 Å². The molecule has 1 aromatic heterocycles. The second-order valence-electron chi connectivity index (χ2n) is 2.84. The highest BCUT2D eigenvalue weighted by Crippen LogP contribution is 2.17. The van der Waals surface area contributed by atoms with E-state index in [4.69, 9.17) is 0 Å². The summed E-state index contributed by atoms with van der Waals surface area (Å²) in [5.74, 6) is 0. The molecule has 1 heterocycles. The van der Waals surface area contributed by atoms with Crippen molar-refractivity contribution < 1.29 is 5.11 Å². The highest BCUT2D eigenvalue weighted by atomic mass is 32.1. The molecule has 0 aliphatic rings. The van der Waals surface area contributed by atoms with Crippen LogP contribution in [0.4, 0.5) is 0 Å². The van der Waals surface area contributed by atoms with Gasteiger partial charge >= 0.3 is 0 Å². The third-order valence-corrected chi connectivity index (χ3v) is 2.32. The van der Waals surface area contributed by atoms with E-state index >= 15 is 0 Å². The van der Waals surface area contributed by atoms with Crippen molar-refractivity contribution >= 4 is 11.5 Å². The summed E-state index contributed by atoms with van der Waals surface area (Å²) >= 11 is 1.29. The molecule has 0 saturated heterocycles. The van der Waals surface area contributed by atoms with Gasteiger partial charge in [-0.2, -0.15) is 0 Å². The topological polar surface area (TPSA) is 46.0 Å². The van der Waals surface area contributed by atoms with E-state index in [1.165, 1.54) is 24.4 Å². The van der Waals surface area contributed by atoms with E-state index in [0.29, 0.717) is 0 Å². The van der Waals surface area contributed by atoms with Gasteiger partial charge in [-0.15, -0.1) is 5.10 Å². The summed E-state index contributed by atoms with van der Waals surface area (Å²) < 4.78 is 3.70. The molecule has 0 bridgehead atoms. The monoisotopic (exact) mass is 186 g/mol. The van der Waals surface area contributed by atoms with Gasteiger partial charge in [-0.25, -0.2) is 0 Å². The Bertz CT molecular complexity index is 201. The van der Waals surface area contributed by atoms with E-state index in [0.717, 1.165) is 18.5 Å². The lowest BCUT2D eigenvalue weighted by molar-refractivity contribution is 0.159. The van der Waals surface area contributed by atoms with Crippen LogP contribution in [-0.4, -0.2) is 14.7 Å². The molecule has 68 valence electrons. The number of hydrogen-bond donors (Lipinski definition) is 1. The number of aliphatic hydroxyl groups excluding tert-OH is 1. The number of aromatic nitrogens is 2. The van der Waals surface area contributed by atoms with Gasteiger partial charge in [-0.3, -0.25) is 0 Å². The summed E-state index contributed by atoms with van der Waals surface area (Å²) in [6.45, 7) is 2.15. The van der Waals surface area contributed by atoms with Crippen molar-refractivity contribution in [2.24, 2.45) is 0 Å². The minimum Gasteiger partial charge on any atom is -0.387 e. The van der Waals surface area contributed by atoms with E-state index in [-0.39, 0.29) is 0 Å². The van der Waals surface area contributed by atoms with Gasteiger partial charge in [0.15, 0.2) is 0 Å². The number of rotatable bonds is 5. The molecule has 3 nitrogen and oxygen atoms in total. The molecule has 12 heavy (non-hydrogen) atoms. The maximum atomic E-state index is 9.54. The van der Waals surface area contributed by atoms with Gasteiger partial charge < -0.3 is 5.11 Å². The largest absolute Gasteiger partial charge is 0.387 e. The van der Waals surface area contributed by atoms with Crippen molar-refractivity contribution in [3.63, 3.8) is 0 Å². The van der Waals surface area contributed by atoms with Crippen LogP contribution in [0.2, 0.25) is 0 Å². The van der Waals surface area contributed by atoms with Crippen LogP contribution >= 0.6 is 11.5 Å². The zero-order valence-electron chi connectivity index (χ0n) is 7.23. The standard InChI is InChI=1S/C8H14N2OS/c1-2-3-4-5-8(11)7-6-12-10-9-7/h6,8,11H,2-5H2,1H3. The van der Waals surface area contributed by atoms with Crippen molar-refractivity contribution in [3.8, 4) is 0 Å². The lowest BCUT2D eigenvalue weighted by Gasteiger charge is -2.04. The number of aliphatic hydroxyl groups is 1. The normalized spacial score (nSPS) is 13.2. The molecule has 4 heteroatoms. The number of hydrogen-bond acceptors (Lipinski definition) is 4. The first kappa shape index (κ1) is 9.61. The third kappa shape index (κ3) is 2.87. The highest BCUT2D eigenvalue weighted by Gasteiger charge is 2.08. The Morgan fingerprint density at radius 1 is 1.58 bits per heavy atom. The molecule has 1 rings (SSSR count). The number of unbranched alkanes of at least 4 members (excludes halogenated alkanes) is 2. The summed E-state index contributed by atoms with van der Waals surface area (Å²) in [7, 11) is 0. The van der Waals surface area contributed by atoms with Crippen LogP contribution in [0, 0.1) is 0 Å². The van der Waals surface area contributed by atoms with Crippen molar-refractivity contribution in [1.29, 1.82) is 0 Å². The lowest BCUT2D eigenvalue weighted by Crippen LogP contribution is -1.97. The van der Waals surface area contributed by atoms with Crippen LogP contribution in [0.3, 0.4) is 0 Å². The average molecular weight is 186 g/mol. The van der Waals surface area contributed by atoms with Gasteiger partial charge in [0.25, 0.3) is 0 Å². The zero-order chi connectivity index (χ0) is 8.81. The molecule has 0 aliphatic carbocycles. The fourth-order valence-electron chi connectivity index (χ4n) is 1.05. The maximum Gasteiger partial charge on any atom is 0.104 e. The summed E-state index contributed by atoms with van der Waals surface area (Å²) in [5, 5.41) is 15.2. The molecule has 0 radical (unpaired) electrons. The molecule has 1 aromatic rings. The summed E-state index contributed by atoms with van der Waals surface area (Å²) in [4.78, 5) is 0. The molecule has 0 aromatic carbocycles. The number of nitrogens with zero attached hydrogens (tertiary/aromatic N) is 2. The molecule has 1 unspecified atom stereocenters. The van der Waals surface area contributed by atoms with Crippen molar-refractivity contribution in [1.82, 2.24) is 9.59 Å². The molecular weight excluding hydrogens is 172 g/mol. The van der Waals surface area contributed by atoms with Gasteiger partial charge in [0.1, 0.15) is 5.69 Å². The predicted octanol–water partition coefficient (Wildman–Crippen LogP) is 2.15. The van der Waals surface area contributed by atoms with Gasteiger partial charge in [0.05, 0.1) is 6.10 Å². The Morgan fingerprint density at radius 2 is 2.42 bits per heavy atom. The maximum absolute atomic E-state index is 9.54. The minimum atomic E-state index is -0.407. The first-order valence-corrected chi connectivity index (χ1v) is 5.13. The van der Waals surface area contributed by atoms with Gasteiger partial charge in [-0.1, -0.05) is 30.7 Å². The molecule has 0 fully saturated rings. The van der Waals surface area contributed by atoms with Crippen LogP contribution in [0.5, 0.6) is 0 Å². The first-order valence-electron chi connectivity index (χ1n) is 4.29. The Balaban J connectivity index is 2.25. The van der Waals surface area contributed by atoms with Gasteiger partial charge in [0, 0.05) is 5.38 Å². The Hall–Kier alpha value is -0.480. The SMILES string of the molecule is CCCCCC(O)c1csnn1. The average Bonchev–Trinajstić information content (AvgIpc) is 2.56. The lowest BCUT2D eigenvalue weighted by atomic mass is 10.1. The molecule has 0 saturated carbocycles. The predicted molar refractivity (Wildman–Crippen MR) is 49.0 cm³/mol. The quantitative estimate of drug-likeness (QED) is 0.717. The zero-order valence-corrected chi connectivity index (χ0v) is 8.05. The highest BCUT2D eigenvalue weighted by molar-refractivity contribution is 7.03. The van der Waals surface area contributed by atoms with E-state index in [9.17, 15) is 5.11 Å². The van der Waals surface area contributed by atoms with E-state index in [2.05, 4.69) is 16.5 Å². The summed E-state index contributed by atoms with van der Waals surface area (Å²) in [6.07, 6.45) is 3.82. The van der Waals surface area contributed by atoms with E-state index < -0.39 is 6.10 Å². The third-order valence-electron chi connectivity index (χ3n) is 1.80. The van der Waals surface area contributed by atoms with E-state index in [1.54, 1.807) is 5.38 Å². The first-order chi connectivity index (χ1) is 5.84. The van der Waals surface area contributed by atoms with Crippen LogP contribution in [0.1, 0.15) is 44.4 Å². The van der Waals surface area contributed by atoms with Gasteiger partial charge in [-0.05, 0) is 18.0 Å². The fraction of sp³-hybridized carbons (Fsp3) is 0.750. The van der Waals surface area contributed by atoms with Crippen molar-refractivity contribution in [2.75, 3.05) is 0 Å². The van der Waals surface area contributed by atoms with Crippen molar-refractivity contribution in [2.45, 2.75) is 38.7 Å². The molecule has 1 atom stereocenters. The van der Waals surface area contributed by atoms with Gasteiger partial charge in [0.2, 0.25) is 0 Å². The second-order valence-corrected chi connectivity index (χ2v) is 3.45. The Kier molecular flexibility index (Phi) is 4.18. The molecule has 1 N–H and O–H groups in total. The molecule has 0 spiro atoms. The fourth-order valence-corrected chi connectivity index (χ4v) is 1.55. The smallest absolute Gasteiger partial charge is 0.104 e. The summed E-state index contributed by atoms with van der Waals surface area (Å²) in [5.41, 5.74) is 0.719. The second kappa shape index (κ2) is 5.22.